The molecular weight excluding hydrogens is 402 g/mol. The predicted molar refractivity (Wildman–Crippen MR) is 114 cm³/mol. The molecule has 0 aliphatic carbocycles. The van der Waals surface area contributed by atoms with Crippen molar-refractivity contribution in [1.82, 2.24) is 9.88 Å². The summed E-state index contributed by atoms with van der Waals surface area (Å²) in [7, 11) is 3.10. The van der Waals surface area contributed by atoms with Crippen molar-refractivity contribution in [3.05, 3.63) is 76.4 Å². The number of thiophene rings is 1. The zero-order valence-electron chi connectivity index (χ0n) is 16.4. The molecule has 2 aromatic heterocycles. The Labute approximate surface area is 177 Å². The number of pyridine rings is 1. The highest BCUT2D eigenvalue weighted by Crippen LogP contribution is 2.36. The summed E-state index contributed by atoms with van der Waals surface area (Å²) < 4.78 is 10.7. The maximum atomic E-state index is 13.3. The van der Waals surface area contributed by atoms with Crippen molar-refractivity contribution in [2.75, 3.05) is 19.5 Å². The number of methoxy groups -OCH3 is 2. The van der Waals surface area contributed by atoms with Crippen molar-refractivity contribution in [3.63, 3.8) is 0 Å². The number of nitrogens with zero attached hydrogens (tertiary/aromatic N) is 2. The van der Waals surface area contributed by atoms with Crippen LogP contribution in [0.5, 0.6) is 11.5 Å². The fraction of sp³-hybridized carbons (Fsp3) is 0.136. The average Bonchev–Trinajstić information content (AvgIpc) is 3.38. The molecule has 7 nitrogen and oxygen atoms in total. The lowest BCUT2D eigenvalue weighted by atomic mass is 10.1. The third-order valence-electron chi connectivity index (χ3n) is 4.67. The van der Waals surface area contributed by atoms with Gasteiger partial charge in [0, 0.05) is 23.3 Å². The number of benzene rings is 1. The number of anilines is 1. The largest absolute Gasteiger partial charge is 0.497 e. The Morgan fingerprint density at radius 2 is 1.93 bits per heavy atom. The van der Waals surface area contributed by atoms with E-state index >= 15 is 0 Å². The Bertz CT molecular complexity index is 1110. The number of hydrogen-bond donors (Lipinski definition) is 1. The van der Waals surface area contributed by atoms with Crippen LogP contribution in [0.4, 0.5) is 5.69 Å². The Morgan fingerprint density at radius 3 is 2.60 bits per heavy atom. The molecule has 1 N–H and O–H groups in total. The van der Waals surface area contributed by atoms with E-state index in [4.69, 9.17) is 9.47 Å². The lowest BCUT2D eigenvalue weighted by Crippen LogP contribution is -2.32. The molecule has 0 bridgehead atoms. The molecule has 2 amide bonds. The van der Waals surface area contributed by atoms with E-state index in [1.165, 1.54) is 23.3 Å². The summed E-state index contributed by atoms with van der Waals surface area (Å²) in [5.74, 6) is 0.377. The fourth-order valence-electron chi connectivity index (χ4n) is 3.20. The van der Waals surface area contributed by atoms with Gasteiger partial charge in [-0.15, -0.1) is 11.3 Å². The van der Waals surface area contributed by atoms with Crippen LogP contribution in [0.15, 0.2) is 65.9 Å². The number of aromatic nitrogens is 1. The number of imide groups is 1. The number of nitrogens with one attached hydrogen (secondary N) is 1. The van der Waals surface area contributed by atoms with Gasteiger partial charge < -0.3 is 14.8 Å². The van der Waals surface area contributed by atoms with Gasteiger partial charge in [-0.3, -0.25) is 19.5 Å². The van der Waals surface area contributed by atoms with Crippen molar-refractivity contribution in [2.24, 2.45) is 0 Å². The number of amides is 2. The summed E-state index contributed by atoms with van der Waals surface area (Å²) >= 11 is 1.40. The molecule has 3 aromatic rings. The minimum absolute atomic E-state index is 0.144. The van der Waals surface area contributed by atoms with Gasteiger partial charge in [0.25, 0.3) is 11.8 Å². The van der Waals surface area contributed by atoms with Crippen molar-refractivity contribution >= 4 is 34.4 Å². The molecule has 0 saturated heterocycles. The lowest BCUT2D eigenvalue weighted by Gasteiger charge is -2.16. The summed E-state index contributed by atoms with van der Waals surface area (Å²) in [6.45, 7) is 0.144. The zero-order valence-corrected chi connectivity index (χ0v) is 17.2. The Balaban J connectivity index is 1.73. The predicted octanol–water partition coefficient (Wildman–Crippen LogP) is 3.55. The van der Waals surface area contributed by atoms with E-state index in [0.29, 0.717) is 22.8 Å². The van der Waals surface area contributed by atoms with Crippen LogP contribution in [0.2, 0.25) is 0 Å². The highest BCUT2D eigenvalue weighted by atomic mass is 32.1. The molecule has 0 saturated carbocycles. The first-order valence-electron chi connectivity index (χ1n) is 9.14. The van der Waals surface area contributed by atoms with Crippen LogP contribution in [0.1, 0.15) is 10.4 Å². The smallest absolute Gasteiger partial charge is 0.278 e. The van der Waals surface area contributed by atoms with Gasteiger partial charge >= 0.3 is 0 Å². The summed E-state index contributed by atoms with van der Waals surface area (Å²) in [5, 5.41) is 4.99. The van der Waals surface area contributed by atoms with Crippen LogP contribution < -0.4 is 14.8 Å². The minimum Gasteiger partial charge on any atom is -0.497 e. The molecular formula is C22H19N3O4S. The highest BCUT2D eigenvalue weighted by Gasteiger charge is 2.40. The SMILES string of the molecule is COc1ccc(NC2=C(c3cccs3)C(=O)N(Cc3cccnc3)C2=O)c(OC)c1. The Hall–Kier alpha value is -3.65. The lowest BCUT2D eigenvalue weighted by molar-refractivity contribution is -0.137. The molecule has 0 radical (unpaired) electrons. The Kier molecular flexibility index (Phi) is 5.49. The van der Waals surface area contributed by atoms with Gasteiger partial charge in [-0.2, -0.15) is 0 Å². The van der Waals surface area contributed by atoms with Crippen LogP contribution in [-0.4, -0.2) is 35.9 Å². The second kappa shape index (κ2) is 8.38. The molecule has 3 heterocycles. The second-order valence-corrected chi connectivity index (χ2v) is 7.42. The van der Waals surface area contributed by atoms with Gasteiger partial charge in [-0.05, 0) is 35.2 Å². The third-order valence-corrected chi connectivity index (χ3v) is 5.55. The standard InChI is InChI=1S/C22H19N3O4S/c1-28-15-7-8-16(17(11-15)29-2)24-20-19(18-6-4-10-30-18)21(26)25(22(20)27)13-14-5-3-9-23-12-14/h3-12,24H,13H2,1-2H3. The molecule has 4 rings (SSSR count). The first-order chi connectivity index (χ1) is 14.6. The van der Waals surface area contributed by atoms with E-state index in [9.17, 15) is 9.59 Å². The molecule has 8 heteroatoms. The molecule has 0 spiro atoms. The average molecular weight is 421 g/mol. The molecule has 152 valence electrons. The number of carbonyl (C=O) groups excluding carboxylic acids is 2. The van der Waals surface area contributed by atoms with Crippen LogP contribution in [0.3, 0.4) is 0 Å². The van der Waals surface area contributed by atoms with Crippen molar-refractivity contribution in [2.45, 2.75) is 6.54 Å². The molecule has 1 aliphatic rings. The maximum Gasteiger partial charge on any atom is 0.278 e. The fourth-order valence-corrected chi connectivity index (χ4v) is 3.96. The van der Waals surface area contributed by atoms with Crippen LogP contribution in [0.25, 0.3) is 5.57 Å². The number of ether oxygens (including phenoxy) is 2. The van der Waals surface area contributed by atoms with Gasteiger partial charge in [-0.25, -0.2) is 0 Å². The van der Waals surface area contributed by atoms with Crippen molar-refractivity contribution in [1.29, 1.82) is 0 Å². The molecule has 0 atom stereocenters. The number of rotatable bonds is 7. The number of carbonyl (C=O) groups is 2. The highest BCUT2D eigenvalue weighted by molar-refractivity contribution is 7.11. The van der Waals surface area contributed by atoms with E-state index in [-0.39, 0.29) is 18.1 Å². The van der Waals surface area contributed by atoms with E-state index in [2.05, 4.69) is 10.3 Å². The summed E-state index contributed by atoms with van der Waals surface area (Å²) in [5.41, 5.74) is 1.89. The molecule has 30 heavy (non-hydrogen) atoms. The monoisotopic (exact) mass is 421 g/mol. The van der Waals surface area contributed by atoms with Gasteiger partial charge in [0.15, 0.2) is 0 Å². The maximum absolute atomic E-state index is 13.3. The van der Waals surface area contributed by atoms with Crippen LogP contribution in [0, 0.1) is 0 Å². The summed E-state index contributed by atoms with van der Waals surface area (Å²) in [6, 6.07) is 12.5. The quantitative estimate of drug-likeness (QED) is 0.588. The first kappa shape index (κ1) is 19.7. The first-order valence-corrected chi connectivity index (χ1v) is 10.0. The van der Waals surface area contributed by atoms with Crippen molar-refractivity contribution in [3.8, 4) is 11.5 Å². The Morgan fingerprint density at radius 1 is 1.07 bits per heavy atom. The number of hydrogen-bond acceptors (Lipinski definition) is 7. The zero-order chi connectivity index (χ0) is 21.1. The summed E-state index contributed by atoms with van der Waals surface area (Å²) in [6.07, 6.45) is 3.29. The summed E-state index contributed by atoms with van der Waals surface area (Å²) in [4.78, 5) is 32.5. The van der Waals surface area contributed by atoms with Crippen LogP contribution >= 0.6 is 11.3 Å². The van der Waals surface area contributed by atoms with Crippen molar-refractivity contribution < 1.29 is 19.1 Å². The molecule has 0 unspecified atom stereocenters. The van der Waals surface area contributed by atoms with E-state index in [0.717, 1.165) is 10.4 Å². The minimum atomic E-state index is -0.398. The van der Waals surface area contributed by atoms with E-state index in [1.807, 2.05) is 23.6 Å². The van der Waals surface area contributed by atoms with E-state index < -0.39 is 5.91 Å². The van der Waals surface area contributed by atoms with Gasteiger partial charge in [-0.1, -0.05) is 12.1 Å². The molecule has 0 fully saturated rings. The normalized spacial score (nSPS) is 13.7. The molecule has 1 aliphatic heterocycles. The van der Waals surface area contributed by atoms with E-state index in [1.54, 1.807) is 43.8 Å². The third kappa shape index (κ3) is 3.65. The van der Waals surface area contributed by atoms with Gasteiger partial charge in [0.1, 0.15) is 17.2 Å². The molecule has 1 aromatic carbocycles. The topological polar surface area (TPSA) is 80.8 Å². The van der Waals surface area contributed by atoms with Gasteiger partial charge in [0.2, 0.25) is 0 Å². The second-order valence-electron chi connectivity index (χ2n) is 6.48. The van der Waals surface area contributed by atoms with Crippen LogP contribution in [-0.2, 0) is 16.1 Å². The van der Waals surface area contributed by atoms with Gasteiger partial charge in [0.05, 0.1) is 32.0 Å².